The van der Waals surface area contributed by atoms with E-state index in [0.29, 0.717) is 0 Å². The average Bonchev–Trinajstić information content (AvgIpc) is 3.63. The summed E-state index contributed by atoms with van der Waals surface area (Å²) < 4.78 is 2.26. The molecule has 0 amide bonds. The Morgan fingerprint density at radius 1 is 0.300 bits per heavy atom. The van der Waals surface area contributed by atoms with Crippen LogP contribution in [-0.2, 0) is 0 Å². The lowest BCUT2D eigenvalue weighted by Crippen LogP contribution is -2.09. The summed E-state index contributed by atoms with van der Waals surface area (Å²) in [5.74, 6) is 0. The molecule has 0 saturated heterocycles. The topological polar surface area (TPSA) is 8.17 Å². The van der Waals surface area contributed by atoms with Crippen LogP contribution in [0, 0.1) is 0 Å². The van der Waals surface area contributed by atoms with Gasteiger partial charge in [-0.1, -0.05) is 133 Å². The predicted molar refractivity (Wildman–Crippen MR) is 212 cm³/mol. The van der Waals surface area contributed by atoms with Crippen LogP contribution in [0.15, 0.2) is 206 Å². The van der Waals surface area contributed by atoms with Crippen molar-refractivity contribution >= 4 is 38.7 Å². The first-order valence-electron chi connectivity index (χ1n) is 17.1. The van der Waals surface area contributed by atoms with E-state index in [2.05, 4.69) is 216 Å². The van der Waals surface area contributed by atoms with Crippen LogP contribution in [0.25, 0.3) is 60.7 Å². The van der Waals surface area contributed by atoms with Crippen LogP contribution in [-0.4, -0.2) is 4.57 Å². The molecule has 8 aromatic carbocycles. The number of aromatic nitrogens is 1. The smallest absolute Gasteiger partial charge is 0.0528 e. The number of fused-ring (bicyclic) bond motifs is 2. The zero-order valence-electron chi connectivity index (χ0n) is 27.5. The van der Waals surface area contributed by atoms with Crippen molar-refractivity contribution in [3.05, 3.63) is 206 Å². The van der Waals surface area contributed by atoms with E-state index >= 15 is 0 Å². The Bertz CT molecular complexity index is 2560. The summed E-state index contributed by atoms with van der Waals surface area (Å²) in [5, 5.41) is 3.76. The van der Waals surface area contributed by atoms with Gasteiger partial charge in [-0.05, 0) is 116 Å². The summed E-state index contributed by atoms with van der Waals surface area (Å²) in [4.78, 5) is 2.32. The maximum atomic E-state index is 2.32. The Hall–Kier alpha value is -6.64. The van der Waals surface area contributed by atoms with Crippen LogP contribution in [0.1, 0.15) is 0 Å². The lowest BCUT2D eigenvalue weighted by Gasteiger charge is -2.26. The molecule has 2 heteroatoms. The molecule has 236 valence electrons. The average molecular weight is 639 g/mol. The molecule has 9 aromatic rings. The summed E-state index contributed by atoms with van der Waals surface area (Å²) in [6.07, 6.45) is 2.15. The van der Waals surface area contributed by atoms with Gasteiger partial charge in [0.15, 0.2) is 0 Å². The highest BCUT2D eigenvalue weighted by Gasteiger charge is 2.13. The number of para-hydroxylation sites is 2. The number of nitrogens with zero attached hydrogens (tertiary/aromatic N) is 2. The summed E-state index contributed by atoms with van der Waals surface area (Å²) in [6.45, 7) is 0. The second-order valence-electron chi connectivity index (χ2n) is 12.7. The van der Waals surface area contributed by atoms with E-state index in [9.17, 15) is 0 Å². The monoisotopic (exact) mass is 638 g/mol. The first kappa shape index (κ1) is 29.5. The third-order valence-electron chi connectivity index (χ3n) is 9.62. The summed E-state index contributed by atoms with van der Waals surface area (Å²) in [5.41, 5.74) is 12.9. The van der Waals surface area contributed by atoms with Crippen LogP contribution in [0.3, 0.4) is 0 Å². The van der Waals surface area contributed by atoms with Gasteiger partial charge in [0.25, 0.3) is 0 Å². The largest absolute Gasteiger partial charge is 0.317 e. The Balaban J connectivity index is 0.982. The molecule has 0 bridgehead atoms. The first-order valence-corrected chi connectivity index (χ1v) is 17.1. The van der Waals surface area contributed by atoms with Crippen molar-refractivity contribution in [3.63, 3.8) is 0 Å². The van der Waals surface area contributed by atoms with Gasteiger partial charge in [-0.25, -0.2) is 0 Å². The van der Waals surface area contributed by atoms with Gasteiger partial charge in [0.05, 0.1) is 5.52 Å². The van der Waals surface area contributed by atoms with Gasteiger partial charge in [-0.2, -0.15) is 0 Å². The lowest BCUT2D eigenvalue weighted by atomic mass is 9.99. The molecule has 0 N–H and O–H groups in total. The van der Waals surface area contributed by atoms with Crippen molar-refractivity contribution in [2.75, 3.05) is 4.90 Å². The van der Waals surface area contributed by atoms with Crippen molar-refractivity contribution in [2.45, 2.75) is 0 Å². The molecule has 0 unspecified atom stereocenters. The van der Waals surface area contributed by atoms with Crippen molar-refractivity contribution in [1.82, 2.24) is 4.57 Å². The Kier molecular flexibility index (Phi) is 7.53. The molecule has 0 saturated carbocycles. The minimum Gasteiger partial charge on any atom is -0.317 e. The molecular formula is C48H34N2. The van der Waals surface area contributed by atoms with Gasteiger partial charge in [0, 0.05) is 28.9 Å². The number of hydrogen-bond acceptors (Lipinski definition) is 1. The lowest BCUT2D eigenvalue weighted by molar-refractivity contribution is 1.13. The molecule has 50 heavy (non-hydrogen) atoms. The van der Waals surface area contributed by atoms with Gasteiger partial charge in [-0.15, -0.1) is 0 Å². The van der Waals surface area contributed by atoms with Crippen LogP contribution < -0.4 is 4.90 Å². The molecule has 0 aliphatic carbocycles. The van der Waals surface area contributed by atoms with E-state index in [1.165, 1.54) is 55.1 Å². The van der Waals surface area contributed by atoms with Gasteiger partial charge in [0.1, 0.15) is 0 Å². The fourth-order valence-electron chi connectivity index (χ4n) is 7.00. The Morgan fingerprint density at radius 3 is 1.48 bits per heavy atom. The Labute approximate surface area is 292 Å². The highest BCUT2D eigenvalue weighted by molar-refractivity contribution is 5.88. The summed E-state index contributed by atoms with van der Waals surface area (Å²) >= 11 is 0. The van der Waals surface area contributed by atoms with Crippen molar-refractivity contribution in [2.24, 2.45) is 0 Å². The predicted octanol–water partition coefficient (Wildman–Crippen LogP) is 13.3. The van der Waals surface area contributed by atoms with Crippen LogP contribution in [0.2, 0.25) is 0 Å². The number of anilines is 3. The highest BCUT2D eigenvalue weighted by Crippen LogP contribution is 2.37. The van der Waals surface area contributed by atoms with E-state index in [1.807, 2.05) is 0 Å². The number of rotatable bonds is 7. The van der Waals surface area contributed by atoms with E-state index < -0.39 is 0 Å². The van der Waals surface area contributed by atoms with E-state index in [0.717, 1.165) is 22.7 Å². The fraction of sp³-hybridized carbons (Fsp3) is 0. The zero-order valence-corrected chi connectivity index (χ0v) is 27.5. The molecule has 1 heterocycles. The molecule has 0 fully saturated rings. The zero-order chi connectivity index (χ0) is 33.3. The molecule has 0 radical (unpaired) electrons. The quantitative estimate of drug-likeness (QED) is 0.169. The van der Waals surface area contributed by atoms with Crippen LogP contribution in [0.4, 0.5) is 17.1 Å². The first-order chi connectivity index (χ1) is 24.8. The normalized spacial score (nSPS) is 11.2. The number of benzene rings is 8. The minimum absolute atomic E-state index is 1.12. The molecule has 0 atom stereocenters. The van der Waals surface area contributed by atoms with E-state index in [4.69, 9.17) is 0 Å². The minimum atomic E-state index is 1.12. The van der Waals surface area contributed by atoms with Crippen molar-refractivity contribution in [1.29, 1.82) is 0 Å². The molecule has 9 rings (SSSR count). The van der Waals surface area contributed by atoms with Gasteiger partial charge in [-0.3, -0.25) is 0 Å². The second-order valence-corrected chi connectivity index (χ2v) is 12.7. The maximum Gasteiger partial charge on any atom is 0.0528 e. The molecule has 1 aromatic heterocycles. The van der Waals surface area contributed by atoms with E-state index in [1.54, 1.807) is 0 Å². The highest BCUT2D eigenvalue weighted by atomic mass is 15.1. The van der Waals surface area contributed by atoms with Crippen molar-refractivity contribution < 1.29 is 0 Å². The van der Waals surface area contributed by atoms with Gasteiger partial charge < -0.3 is 9.47 Å². The third-order valence-corrected chi connectivity index (χ3v) is 9.62. The molecular weight excluding hydrogens is 605 g/mol. The van der Waals surface area contributed by atoms with Crippen LogP contribution >= 0.6 is 0 Å². The maximum absolute atomic E-state index is 2.32. The van der Waals surface area contributed by atoms with E-state index in [-0.39, 0.29) is 0 Å². The molecule has 0 aliphatic rings. The summed E-state index contributed by atoms with van der Waals surface area (Å²) in [6, 6.07) is 71.9. The van der Waals surface area contributed by atoms with Crippen LogP contribution in [0.5, 0.6) is 0 Å². The molecule has 0 spiro atoms. The fourth-order valence-corrected chi connectivity index (χ4v) is 7.00. The molecule has 0 aliphatic heterocycles. The SMILES string of the molecule is c1ccc(N(c2ccc(-c3ccc(-c4cccc(-n5ccc6ccccc65)c4)cc3)cc2)c2ccc(-c3ccc4ccccc4c3)cc2)cc1. The number of hydrogen-bond donors (Lipinski definition) is 0. The van der Waals surface area contributed by atoms with Crippen molar-refractivity contribution in [3.8, 4) is 39.1 Å². The standard InChI is InChI=1S/C48H34N2/c1-2-13-44(14-3-1)50(46-29-25-39(26-30-46)43-22-21-35-9-4-5-11-41(35)33-43)45-27-23-37(24-28-45)36-17-19-38(20-18-36)42-12-8-15-47(34-42)49-32-31-40-10-6-7-16-48(40)49/h1-34H. The third kappa shape index (κ3) is 5.63. The molecule has 2 nitrogen and oxygen atoms in total. The summed E-state index contributed by atoms with van der Waals surface area (Å²) in [7, 11) is 0. The van der Waals surface area contributed by atoms with Gasteiger partial charge in [0.2, 0.25) is 0 Å². The van der Waals surface area contributed by atoms with Gasteiger partial charge >= 0.3 is 0 Å². The Morgan fingerprint density at radius 2 is 0.800 bits per heavy atom. The second kappa shape index (κ2) is 12.8.